The molecule has 0 unspecified atom stereocenters. The van der Waals surface area contributed by atoms with Crippen LogP contribution >= 0.6 is 0 Å². The predicted octanol–water partition coefficient (Wildman–Crippen LogP) is 1.46. The Bertz CT molecular complexity index is 104. The molecule has 0 rings (SSSR count). The summed E-state index contributed by atoms with van der Waals surface area (Å²) in [6.45, 7) is 0. The third kappa shape index (κ3) is 9.53. The molecule has 3 heteroatoms. The predicted molar refractivity (Wildman–Crippen MR) is 48.7 cm³/mol. The molecule has 0 bridgehead atoms. The van der Waals surface area contributed by atoms with Gasteiger partial charge < -0.3 is 5.11 Å². The molecule has 0 aliphatic carbocycles. The summed E-state index contributed by atoms with van der Waals surface area (Å²) in [5, 5.41) is 8.32. The lowest BCUT2D eigenvalue weighted by atomic mass is 9.98. The molecule has 64 valence electrons. The van der Waals surface area contributed by atoms with Gasteiger partial charge in [0.2, 0.25) is 0 Å². The van der Waals surface area contributed by atoms with Crippen molar-refractivity contribution in [2.24, 2.45) is 0 Å². The number of hydrogen-bond acceptors (Lipinski definition) is 1. The van der Waals surface area contributed by atoms with Gasteiger partial charge >= 0.3 is 5.97 Å². The van der Waals surface area contributed by atoms with Crippen LogP contribution in [0.25, 0.3) is 0 Å². The monoisotopic (exact) mass is 156 g/mol. The van der Waals surface area contributed by atoms with E-state index in [-0.39, 0.29) is 0 Å². The molecule has 0 aliphatic rings. The van der Waals surface area contributed by atoms with Gasteiger partial charge in [-0.15, -0.1) is 0 Å². The minimum atomic E-state index is -0.666. The molecule has 0 amide bonds. The molecule has 2 nitrogen and oxygen atoms in total. The molecule has 0 heterocycles. The highest BCUT2D eigenvalue weighted by molar-refractivity contribution is 6.08. The van der Waals surface area contributed by atoms with Gasteiger partial charge in [0, 0.05) is 6.42 Å². The summed E-state index contributed by atoms with van der Waals surface area (Å²) >= 11 is 0. The number of carboxylic acid groups (broad SMARTS) is 1. The Hall–Kier alpha value is -0.465. The van der Waals surface area contributed by atoms with E-state index < -0.39 is 5.97 Å². The zero-order valence-electron chi connectivity index (χ0n) is 7.31. The van der Waals surface area contributed by atoms with E-state index in [2.05, 4.69) is 7.85 Å². The lowest BCUT2D eigenvalue weighted by Crippen LogP contribution is -1.93. The number of hydrogen-bond donors (Lipinski definition) is 1. The number of aliphatic carboxylic acids is 1. The van der Waals surface area contributed by atoms with Crippen LogP contribution in [0.3, 0.4) is 0 Å². The minimum absolute atomic E-state index is 0.339. The Kier molecular flexibility index (Phi) is 7.32. The van der Waals surface area contributed by atoms with Crippen LogP contribution in [0.1, 0.15) is 38.5 Å². The highest BCUT2D eigenvalue weighted by Crippen LogP contribution is 2.05. The van der Waals surface area contributed by atoms with Gasteiger partial charge in [0.25, 0.3) is 0 Å². The third-order valence-corrected chi connectivity index (χ3v) is 1.74. The molecule has 0 aromatic carbocycles. The molecule has 1 N–H and O–H groups in total. The maximum absolute atomic E-state index is 10.1. The van der Waals surface area contributed by atoms with Gasteiger partial charge in [-0.2, -0.15) is 0 Å². The van der Waals surface area contributed by atoms with E-state index in [1.54, 1.807) is 0 Å². The molecule has 0 spiro atoms. The quantitative estimate of drug-likeness (QED) is 0.447. The van der Waals surface area contributed by atoms with Gasteiger partial charge in [-0.25, -0.2) is 0 Å². The van der Waals surface area contributed by atoms with Crippen molar-refractivity contribution in [1.29, 1.82) is 0 Å². The topological polar surface area (TPSA) is 37.3 Å². The van der Waals surface area contributed by atoms with Gasteiger partial charge in [0.15, 0.2) is 0 Å². The van der Waals surface area contributed by atoms with Crippen molar-refractivity contribution in [3.63, 3.8) is 0 Å². The molecular weight excluding hydrogens is 139 g/mol. The van der Waals surface area contributed by atoms with Gasteiger partial charge in [0.1, 0.15) is 7.85 Å². The lowest BCUT2D eigenvalue weighted by molar-refractivity contribution is -0.137. The first-order chi connectivity index (χ1) is 5.27. The first kappa shape index (κ1) is 10.5. The second-order valence-corrected chi connectivity index (χ2v) is 2.91. The Morgan fingerprint density at radius 3 is 2.18 bits per heavy atom. The van der Waals surface area contributed by atoms with Gasteiger partial charge in [0.05, 0.1) is 0 Å². The van der Waals surface area contributed by atoms with Crippen LogP contribution in [-0.2, 0) is 4.79 Å². The van der Waals surface area contributed by atoms with Crippen LogP contribution in [0.2, 0.25) is 6.32 Å². The third-order valence-electron chi connectivity index (χ3n) is 1.74. The zero-order valence-corrected chi connectivity index (χ0v) is 7.31. The van der Waals surface area contributed by atoms with Crippen molar-refractivity contribution in [3.8, 4) is 0 Å². The van der Waals surface area contributed by atoms with Crippen LogP contribution in [0.4, 0.5) is 0 Å². The summed E-state index contributed by atoms with van der Waals surface area (Å²) in [6, 6.07) is 0. The van der Waals surface area contributed by atoms with Crippen LogP contribution < -0.4 is 0 Å². The van der Waals surface area contributed by atoms with Crippen molar-refractivity contribution in [2.75, 3.05) is 0 Å². The SMILES string of the molecule is BCCCCCCCC(=O)O. The maximum Gasteiger partial charge on any atom is 0.303 e. The normalized spacial score (nSPS) is 9.82. The Morgan fingerprint density at radius 1 is 1.09 bits per heavy atom. The molecule has 0 aromatic rings. The number of unbranched alkanes of at least 4 members (excludes halogenated alkanes) is 4. The molecular formula is C8H17BO2. The van der Waals surface area contributed by atoms with E-state index in [1.165, 1.54) is 25.6 Å². The molecule has 0 saturated heterocycles. The Balaban J connectivity index is 2.85. The fourth-order valence-electron chi connectivity index (χ4n) is 1.06. The van der Waals surface area contributed by atoms with E-state index in [0.29, 0.717) is 6.42 Å². The molecule has 0 aromatic heterocycles. The average molecular weight is 156 g/mol. The van der Waals surface area contributed by atoms with Crippen molar-refractivity contribution < 1.29 is 9.90 Å². The molecule has 11 heavy (non-hydrogen) atoms. The summed E-state index contributed by atoms with van der Waals surface area (Å²) in [5.74, 6) is -0.666. The van der Waals surface area contributed by atoms with Crippen LogP contribution in [0.15, 0.2) is 0 Å². The molecule has 0 aliphatic heterocycles. The fraction of sp³-hybridized carbons (Fsp3) is 0.875. The first-order valence-corrected chi connectivity index (χ1v) is 4.49. The summed E-state index contributed by atoms with van der Waals surface area (Å²) in [4.78, 5) is 10.1. The van der Waals surface area contributed by atoms with Crippen LogP contribution in [0, 0.1) is 0 Å². The summed E-state index contributed by atoms with van der Waals surface area (Å²) in [6.07, 6.45) is 7.25. The van der Waals surface area contributed by atoms with Gasteiger partial charge in [-0.1, -0.05) is 32.0 Å². The van der Waals surface area contributed by atoms with E-state index in [0.717, 1.165) is 12.8 Å². The second kappa shape index (κ2) is 7.64. The minimum Gasteiger partial charge on any atom is -0.481 e. The summed E-state index contributed by atoms with van der Waals surface area (Å²) in [5.41, 5.74) is 0. The number of rotatable bonds is 7. The van der Waals surface area contributed by atoms with E-state index in [9.17, 15) is 4.79 Å². The number of carboxylic acids is 1. The van der Waals surface area contributed by atoms with Crippen molar-refractivity contribution in [3.05, 3.63) is 0 Å². The zero-order chi connectivity index (χ0) is 8.53. The van der Waals surface area contributed by atoms with Crippen LogP contribution in [-0.4, -0.2) is 18.9 Å². The maximum atomic E-state index is 10.1. The second-order valence-electron chi connectivity index (χ2n) is 2.91. The van der Waals surface area contributed by atoms with Crippen molar-refractivity contribution >= 4 is 13.8 Å². The van der Waals surface area contributed by atoms with E-state index >= 15 is 0 Å². The summed E-state index contributed by atoms with van der Waals surface area (Å²) in [7, 11) is 2.18. The standard InChI is InChI=1S/C8H17BO2/c9-7-5-3-1-2-4-6-8(10)11/h1-7,9H2,(H,10,11). The highest BCUT2D eigenvalue weighted by atomic mass is 16.4. The highest BCUT2D eigenvalue weighted by Gasteiger charge is 1.95. The molecule has 0 radical (unpaired) electrons. The van der Waals surface area contributed by atoms with Crippen molar-refractivity contribution in [2.45, 2.75) is 44.8 Å². The van der Waals surface area contributed by atoms with Crippen LogP contribution in [0.5, 0.6) is 0 Å². The first-order valence-electron chi connectivity index (χ1n) is 4.49. The van der Waals surface area contributed by atoms with Crippen molar-refractivity contribution in [1.82, 2.24) is 0 Å². The molecule has 0 saturated carbocycles. The average Bonchev–Trinajstić information content (AvgIpc) is 1.96. The molecule has 0 fully saturated rings. The fourth-order valence-corrected chi connectivity index (χ4v) is 1.06. The summed E-state index contributed by atoms with van der Waals surface area (Å²) < 4.78 is 0. The van der Waals surface area contributed by atoms with Gasteiger partial charge in [-0.3, -0.25) is 4.79 Å². The van der Waals surface area contributed by atoms with Gasteiger partial charge in [-0.05, 0) is 6.42 Å². The molecule has 0 atom stereocenters. The van der Waals surface area contributed by atoms with E-state index in [1.807, 2.05) is 0 Å². The lowest BCUT2D eigenvalue weighted by Gasteiger charge is -1.96. The Labute approximate surface area is 69.4 Å². The smallest absolute Gasteiger partial charge is 0.303 e. The Morgan fingerprint density at radius 2 is 1.64 bits per heavy atom. The number of carbonyl (C=O) groups is 1. The van der Waals surface area contributed by atoms with E-state index in [4.69, 9.17) is 5.11 Å². The largest absolute Gasteiger partial charge is 0.481 e.